The largest absolute Gasteiger partial charge is 0.457 e. The van der Waals surface area contributed by atoms with Crippen molar-refractivity contribution in [2.75, 3.05) is 0 Å². The van der Waals surface area contributed by atoms with Gasteiger partial charge in [0.05, 0.1) is 34.7 Å². The maximum atomic E-state index is 13.1. The summed E-state index contributed by atoms with van der Waals surface area (Å²) >= 11 is 1.51. The minimum atomic E-state index is -1.29. The molecule has 1 aliphatic rings. The quantitative estimate of drug-likeness (QED) is 0.591. The monoisotopic (exact) mass is 493 g/mol. The Morgan fingerprint density at radius 1 is 1.18 bits per heavy atom. The molecule has 8 heteroatoms. The lowest BCUT2D eigenvalue weighted by Crippen LogP contribution is -2.45. The van der Waals surface area contributed by atoms with Crippen molar-refractivity contribution < 1.29 is 29.3 Å². The van der Waals surface area contributed by atoms with Crippen molar-refractivity contribution in [2.24, 2.45) is 17.3 Å². The number of hydrogen-bond acceptors (Lipinski definition) is 8. The van der Waals surface area contributed by atoms with Gasteiger partial charge in [0.25, 0.3) is 0 Å². The summed E-state index contributed by atoms with van der Waals surface area (Å²) in [5.74, 6) is -1.79. The van der Waals surface area contributed by atoms with Crippen molar-refractivity contribution in [3.8, 4) is 0 Å². The molecule has 1 aromatic rings. The Balaban J connectivity index is 2.29. The summed E-state index contributed by atoms with van der Waals surface area (Å²) < 4.78 is 5.65. The van der Waals surface area contributed by atoms with Crippen LogP contribution in [0.2, 0.25) is 0 Å². The molecule has 2 rings (SSSR count). The summed E-state index contributed by atoms with van der Waals surface area (Å²) in [6.45, 7) is 10.4. The van der Waals surface area contributed by atoms with E-state index < -0.39 is 35.6 Å². The second kappa shape index (κ2) is 12.2. The fourth-order valence-corrected chi connectivity index (χ4v) is 4.93. The number of Topliss-reactive ketones (excluding diaryl/α,β-unsaturated/α-hetero) is 2. The Bertz CT molecular complexity index is 905. The van der Waals surface area contributed by atoms with E-state index in [1.807, 2.05) is 25.3 Å². The van der Waals surface area contributed by atoms with Gasteiger partial charge in [-0.05, 0) is 44.3 Å². The van der Waals surface area contributed by atoms with Gasteiger partial charge in [0, 0.05) is 24.1 Å². The fraction of sp³-hybridized carbons (Fsp3) is 0.692. The van der Waals surface area contributed by atoms with Gasteiger partial charge in [0.1, 0.15) is 17.7 Å². The summed E-state index contributed by atoms with van der Waals surface area (Å²) in [5.41, 5.74) is 0.192. The molecular formula is C26H39NO6S. The molecule has 1 aliphatic heterocycles. The van der Waals surface area contributed by atoms with E-state index in [4.69, 9.17) is 4.74 Å². The number of aryl methyl sites for hydroxylation is 1. The average molecular weight is 494 g/mol. The highest BCUT2D eigenvalue weighted by Gasteiger charge is 2.42. The molecule has 2 heterocycles. The van der Waals surface area contributed by atoms with E-state index in [0.717, 1.165) is 17.1 Å². The standard InChI is InChI=1S/C26H39NO6S/c1-15-9-7-8-10-20(28)12-21(16(2)11-19-14-34-18(4)27-19)33-23(30)13-22(29)26(5,6)25(32)17(3)24(15)31/h11,14-15,17,21-22,24,29,31H,7-10,12-13H2,1-6H3/t15-,17+,21-,22-,24-/m0/s1. The highest BCUT2D eigenvalue weighted by Crippen LogP contribution is 2.32. The van der Waals surface area contributed by atoms with Gasteiger partial charge in [-0.15, -0.1) is 11.3 Å². The van der Waals surface area contributed by atoms with Crippen molar-refractivity contribution in [3.63, 3.8) is 0 Å². The molecule has 0 radical (unpaired) electrons. The molecule has 2 N–H and O–H groups in total. The lowest BCUT2D eigenvalue weighted by atomic mass is 9.73. The van der Waals surface area contributed by atoms with Gasteiger partial charge in [-0.3, -0.25) is 14.4 Å². The van der Waals surface area contributed by atoms with Crippen LogP contribution >= 0.6 is 11.3 Å². The number of cyclic esters (lactones) is 1. The minimum Gasteiger partial charge on any atom is -0.457 e. The van der Waals surface area contributed by atoms with E-state index in [1.165, 1.54) is 11.3 Å². The SMILES string of the molecule is CC(=Cc1csc(C)n1)[C@@H]1CC(=O)CCCC[C@H](C)[C@H](O)[C@@H](C)C(=O)C(C)(C)[C@@H](O)CC(=O)O1. The molecule has 5 atom stereocenters. The van der Waals surface area contributed by atoms with Crippen LogP contribution < -0.4 is 0 Å². The third-order valence-corrected chi connectivity index (χ3v) is 7.70. The van der Waals surface area contributed by atoms with Crippen molar-refractivity contribution in [1.29, 1.82) is 0 Å². The Morgan fingerprint density at radius 3 is 2.47 bits per heavy atom. The number of aliphatic hydroxyl groups excluding tert-OH is 2. The molecule has 1 fully saturated rings. The maximum Gasteiger partial charge on any atom is 0.309 e. The summed E-state index contributed by atoms with van der Waals surface area (Å²) in [6, 6.07) is 0. The molecule has 0 saturated carbocycles. The Kier molecular flexibility index (Phi) is 10.2. The van der Waals surface area contributed by atoms with E-state index in [1.54, 1.807) is 27.7 Å². The molecule has 0 unspecified atom stereocenters. The molecular weight excluding hydrogens is 454 g/mol. The number of nitrogens with zero attached hydrogens (tertiary/aromatic N) is 1. The second-order valence-corrected chi connectivity index (χ2v) is 11.3. The molecule has 0 bridgehead atoms. The van der Waals surface area contributed by atoms with E-state index in [-0.39, 0.29) is 30.3 Å². The van der Waals surface area contributed by atoms with Gasteiger partial charge >= 0.3 is 5.97 Å². The molecule has 1 saturated heterocycles. The highest BCUT2D eigenvalue weighted by molar-refractivity contribution is 7.09. The zero-order chi connectivity index (χ0) is 25.6. The maximum absolute atomic E-state index is 13.1. The Labute approximate surface area is 206 Å². The molecule has 0 aromatic carbocycles. The number of aromatic nitrogens is 1. The molecule has 0 spiro atoms. The highest BCUT2D eigenvalue weighted by atomic mass is 32.1. The summed E-state index contributed by atoms with van der Waals surface area (Å²) in [5, 5.41) is 24.3. The zero-order valence-corrected chi connectivity index (χ0v) is 22.0. The Hall–Kier alpha value is -1.90. The lowest BCUT2D eigenvalue weighted by Gasteiger charge is -2.34. The number of rotatable bonds is 2. The summed E-state index contributed by atoms with van der Waals surface area (Å²) in [4.78, 5) is 43.0. The number of ketones is 2. The van der Waals surface area contributed by atoms with Crippen LogP contribution in [0, 0.1) is 24.2 Å². The second-order valence-electron chi connectivity index (χ2n) is 10.2. The van der Waals surface area contributed by atoms with Crippen molar-refractivity contribution >= 4 is 34.9 Å². The molecule has 7 nitrogen and oxygen atoms in total. The average Bonchev–Trinajstić information content (AvgIpc) is 3.17. The van der Waals surface area contributed by atoms with Crippen LogP contribution in [0.3, 0.4) is 0 Å². The van der Waals surface area contributed by atoms with E-state index in [9.17, 15) is 24.6 Å². The fourth-order valence-electron chi connectivity index (χ4n) is 4.36. The van der Waals surface area contributed by atoms with Crippen LogP contribution in [0.25, 0.3) is 6.08 Å². The molecule has 34 heavy (non-hydrogen) atoms. The van der Waals surface area contributed by atoms with Gasteiger partial charge in [-0.25, -0.2) is 4.98 Å². The lowest BCUT2D eigenvalue weighted by molar-refractivity contribution is -0.154. The van der Waals surface area contributed by atoms with E-state index in [2.05, 4.69) is 4.98 Å². The van der Waals surface area contributed by atoms with E-state index >= 15 is 0 Å². The summed E-state index contributed by atoms with van der Waals surface area (Å²) in [7, 11) is 0. The molecule has 190 valence electrons. The van der Waals surface area contributed by atoms with Gasteiger partial charge in [-0.1, -0.05) is 34.1 Å². The minimum absolute atomic E-state index is 0.00951. The number of ether oxygens (including phenoxy) is 1. The van der Waals surface area contributed by atoms with Crippen molar-refractivity contribution in [1.82, 2.24) is 4.98 Å². The third kappa shape index (κ3) is 7.55. The number of carbonyl (C=O) groups excluding carboxylic acids is 3. The first-order chi connectivity index (χ1) is 15.8. The van der Waals surface area contributed by atoms with Crippen LogP contribution in [-0.2, 0) is 19.1 Å². The number of thiazole rings is 1. The Morgan fingerprint density at radius 2 is 1.85 bits per heavy atom. The number of carbonyl (C=O) groups is 3. The van der Waals surface area contributed by atoms with Gasteiger partial charge < -0.3 is 14.9 Å². The number of esters is 1. The first-order valence-electron chi connectivity index (χ1n) is 12.0. The van der Waals surface area contributed by atoms with Crippen molar-refractivity contribution in [3.05, 3.63) is 21.7 Å². The van der Waals surface area contributed by atoms with Crippen molar-refractivity contribution in [2.45, 2.75) is 98.4 Å². The smallest absolute Gasteiger partial charge is 0.309 e. The topological polar surface area (TPSA) is 114 Å². The van der Waals surface area contributed by atoms with Gasteiger partial charge in [0.15, 0.2) is 0 Å². The zero-order valence-electron chi connectivity index (χ0n) is 21.2. The predicted octanol–water partition coefficient (Wildman–Crippen LogP) is 4.28. The molecule has 0 aliphatic carbocycles. The first-order valence-corrected chi connectivity index (χ1v) is 12.9. The van der Waals surface area contributed by atoms with Gasteiger partial charge in [0.2, 0.25) is 0 Å². The summed E-state index contributed by atoms with van der Waals surface area (Å²) in [6.07, 6.45) is 1.01. The van der Waals surface area contributed by atoms with Crippen LogP contribution in [0.5, 0.6) is 0 Å². The van der Waals surface area contributed by atoms with Gasteiger partial charge in [-0.2, -0.15) is 0 Å². The number of aliphatic hydroxyl groups is 2. The van der Waals surface area contributed by atoms with Crippen LogP contribution in [0.1, 0.15) is 83.8 Å². The third-order valence-electron chi connectivity index (χ3n) is 6.91. The molecule has 1 aromatic heterocycles. The van der Waals surface area contributed by atoms with Crippen LogP contribution in [-0.4, -0.2) is 51.0 Å². The normalized spacial score (nSPS) is 30.8. The van der Waals surface area contributed by atoms with Crippen LogP contribution in [0.15, 0.2) is 11.0 Å². The van der Waals surface area contributed by atoms with E-state index in [0.29, 0.717) is 24.8 Å². The molecule has 0 amide bonds. The number of hydrogen-bond donors (Lipinski definition) is 2. The predicted molar refractivity (Wildman–Crippen MR) is 132 cm³/mol. The van der Waals surface area contributed by atoms with Crippen LogP contribution in [0.4, 0.5) is 0 Å². The first kappa shape index (κ1) is 28.3.